The monoisotopic (exact) mass is 392 g/mol. The molecule has 1 N–H and O–H groups in total. The third-order valence-electron chi connectivity index (χ3n) is 5.64. The van der Waals surface area contributed by atoms with Gasteiger partial charge in [0.1, 0.15) is 11.9 Å². The highest BCUT2D eigenvalue weighted by molar-refractivity contribution is 5.94. The summed E-state index contributed by atoms with van der Waals surface area (Å²) in [5, 5.41) is 2.96. The van der Waals surface area contributed by atoms with Crippen molar-refractivity contribution >= 4 is 11.8 Å². The summed E-state index contributed by atoms with van der Waals surface area (Å²) in [6.07, 6.45) is 4.78. The van der Waals surface area contributed by atoms with Crippen LogP contribution in [-0.2, 0) is 11.2 Å². The number of piperidine rings is 1. The molecule has 1 heterocycles. The van der Waals surface area contributed by atoms with Crippen molar-refractivity contribution in [2.45, 2.75) is 38.2 Å². The molecule has 1 saturated heterocycles. The van der Waals surface area contributed by atoms with E-state index in [1.807, 2.05) is 35.2 Å². The van der Waals surface area contributed by atoms with Crippen LogP contribution in [0.2, 0.25) is 0 Å². The lowest BCUT2D eigenvalue weighted by Gasteiger charge is -2.32. The lowest BCUT2D eigenvalue weighted by molar-refractivity contribution is -0.134. The molecule has 2 aliphatic rings. The van der Waals surface area contributed by atoms with Crippen LogP contribution < -0.4 is 10.1 Å². The van der Waals surface area contributed by atoms with Gasteiger partial charge >= 0.3 is 0 Å². The van der Waals surface area contributed by atoms with Crippen molar-refractivity contribution in [3.8, 4) is 5.75 Å². The number of rotatable bonds is 7. The molecule has 1 aliphatic carbocycles. The predicted molar refractivity (Wildman–Crippen MR) is 112 cm³/mol. The van der Waals surface area contributed by atoms with E-state index < -0.39 is 0 Å². The number of nitrogens with zero attached hydrogens (tertiary/aromatic N) is 1. The maximum Gasteiger partial charge on any atom is 0.251 e. The number of benzene rings is 2. The number of hydrogen-bond acceptors (Lipinski definition) is 3. The molecule has 2 aromatic carbocycles. The quantitative estimate of drug-likeness (QED) is 0.785. The summed E-state index contributed by atoms with van der Waals surface area (Å²) in [4.78, 5) is 26.4. The van der Waals surface area contributed by atoms with Gasteiger partial charge < -0.3 is 15.0 Å². The van der Waals surface area contributed by atoms with Crippen LogP contribution in [0.1, 0.15) is 41.6 Å². The Morgan fingerprint density at radius 3 is 2.28 bits per heavy atom. The van der Waals surface area contributed by atoms with Crippen LogP contribution in [0.5, 0.6) is 5.75 Å². The van der Waals surface area contributed by atoms with Crippen molar-refractivity contribution < 1.29 is 14.3 Å². The van der Waals surface area contributed by atoms with Gasteiger partial charge in [-0.15, -0.1) is 0 Å². The Labute approximate surface area is 172 Å². The van der Waals surface area contributed by atoms with Crippen LogP contribution in [0.3, 0.4) is 0 Å². The number of hydrogen-bond donors (Lipinski definition) is 1. The maximum absolute atomic E-state index is 12.3. The van der Waals surface area contributed by atoms with Gasteiger partial charge in [0.25, 0.3) is 5.91 Å². The van der Waals surface area contributed by atoms with E-state index >= 15 is 0 Å². The Kier molecular flexibility index (Phi) is 6.13. The highest BCUT2D eigenvalue weighted by Crippen LogP contribution is 2.32. The number of nitrogens with one attached hydrogen (secondary N) is 1. The molecule has 2 fully saturated rings. The van der Waals surface area contributed by atoms with Crippen molar-refractivity contribution in [1.82, 2.24) is 10.2 Å². The molecule has 29 heavy (non-hydrogen) atoms. The van der Waals surface area contributed by atoms with Gasteiger partial charge in [-0.05, 0) is 49.1 Å². The largest absolute Gasteiger partial charge is 0.490 e. The molecular formula is C24H28N2O3. The second kappa shape index (κ2) is 9.12. The van der Waals surface area contributed by atoms with Crippen molar-refractivity contribution in [2.75, 3.05) is 19.6 Å². The number of likely N-dealkylation sites (tertiary alicyclic amines) is 1. The molecular weight excluding hydrogens is 364 g/mol. The van der Waals surface area contributed by atoms with Crippen LogP contribution in [-0.4, -0.2) is 42.5 Å². The third kappa shape index (κ3) is 5.37. The summed E-state index contributed by atoms with van der Waals surface area (Å²) in [7, 11) is 0. The minimum Gasteiger partial charge on any atom is -0.490 e. The molecule has 0 bridgehead atoms. The molecule has 152 valence electrons. The molecule has 5 nitrogen and oxygen atoms in total. The van der Waals surface area contributed by atoms with Gasteiger partial charge in [-0.3, -0.25) is 9.59 Å². The first-order valence-corrected chi connectivity index (χ1v) is 10.6. The highest BCUT2D eigenvalue weighted by Gasteiger charge is 2.35. The van der Waals surface area contributed by atoms with E-state index in [0.717, 1.165) is 50.9 Å². The van der Waals surface area contributed by atoms with Crippen LogP contribution in [0.15, 0.2) is 54.6 Å². The summed E-state index contributed by atoms with van der Waals surface area (Å²) < 4.78 is 6.06. The van der Waals surface area contributed by atoms with Gasteiger partial charge in [-0.2, -0.15) is 0 Å². The smallest absolute Gasteiger partial charge is 0.251 e. The third-order valence-corrected chi connectivity index (χ3v) is 5.64. The van der Waals surface area contributed by atoms with Gasteiger partial charge in [0.05, 0.1) is 0 Å². The van der Waals surface area contributed by atoms with Crippen molar-refractivity contribution in [1.29, 1.82) is 0 Å². The minimum absolute atomic E-state index is 0.0700. The normalized spacial score (nSPS) is 17.0. The summed E-state index contributed by atoms with van der Waals surface area (Å²) in [6, 6.07) is 17.4. The average Bonchev–Trinajstić information content (AvgIpc) is 3.60. The number of ether oxygens (including phenoxy) is 1. The first kappa shape index (κ1) is 19.5. The summed E-state index contributed by atoms with van der Waals surface area (Å²) in [6.45, 7) is 2.17. The highest BCUT2D eigenvalue weighted by atomic mass is 16.5. The van der Waals surface area contributed by atoms with E-state index in [0.29, 0.717) is 23.9 Å². The zero-order chi connectivity index (χ0) is 20.1. The Morgan fingerprint density at radius 1 is 0.931 bits per heavy atom. The van der Waals surface area contributed by atoms with Crippen LogP contribution >= 0.6 is 0 Å². The zero-order valence-corrected chi connectivity index (χ0v) is 16.7. The summed E-state index contributed by atoms with van der Waals surface area (Å²) in [5.41, 5.74) is 1.84. The Morgan fingerprint density at radius 2 is 1.62 bits per heavy atom. The standard InChI is InChI=1S/C24H28N2O3/c27-23(25-15-12-18-4-2-1-3-5-18)19-8-10-21(11-9-19)29-22-13-16-26(17-14-22)24(28)20-6-7-20/h1-5,8-11,20,22H,6-7,12-17H2,(H,25,27). The fourth-order valence-corrected chi connectivity index (χ4v) is 3.73. The van der Waals surface area contributed by atoms with Gasteiger partial charge in [0.2, 0.25) is 5.91 Å². The second-order valence-corrected chi connectivity index (χ2v) is 7.93. The van der Waals surface area contributed by atoms with Crippen molar-refractivity contribution in [2.24, 2.45) is 5.92 Å². The molecule has 0 atom stereocenters. The van der Waals surface area contributed by atoms with E-state index in [4.69, 9.17) is 4.74 Å². The molecule has 2 aromatic rings. The van der Waals surface area contributed by atoms with E-state index in [1.54, 1.807) is 12.1 Å². The maximum atomic E-state index is 12.3. The predicted octanol–water partition coefficient (Wildman–Crippen LogP) is 3.44. The number of carbonyl (C=O) groups is 2. The summed E-state index contributed by atoms with van der Waals surface area (Å²) in [5.74, 6) is 1.32. The molecule has 0 unspecified atom stereocenters. The minimum atomic E-state index is -0.0700. The number of carbonyl (C=O) groups excluding carboxylic acids is 2. The lowest BCUT2D eigenvalue weighted by atomic mass is 10.1. The van der Waals surface area contributed by atoms with E-state index in [9.17, 15) is 9.59 Å². The number of amides is 2. The average molecular weight is 392 g/mol. The molecule has 1 saturated carbocycles. The summed E-state index contributed by atoms with van der Waals surface area (Å²) >= 11 is 0. The van der Waals surface area contributed by atoms with E-state index in [2.05, 4.69) is 17.4 Å². The molecule has 0 radical (unpaired) electrons. The Balaban J connectivity index is 1.20. The molecule has 5 heteroatoms. The zero-order valence-electron chi connectivity index (χ0n) is 16.7. The van der Waals surface area contributed by atoms with Crippen LogP contribution in [0, 0.1) is 5.92 Å². The molecule has 1 aliphatic heterocycles. The van der Waals surface area contributed by atoms with Crippen molar-refractivity contribution in [3.63, 3.8) is 0 Å². The first-order chi connectivity index (χ1) is 14.2. The Hall–Kier alpha value is -2.82. The topological polar surface area (TPSA) is 58.6 Å². The Bertz CT molecular complexity index is 823. The molecule has 4 rings (SSSR count). The molecule has 0 aromatic heterocycles. The fraction of sp³-hybridized carbons (Fsp3) is 0.417. The van der Waals surface area contributed by atoms with Gasteiger partial charge in [-0.1, -0.05) is 30.3 Å². The second-order valence-electron chi connectivity index (χ2n) is 7.93. The van der Waals surface area contributed by atoms with Gasteiger partial charge in [-0.25, -0.2) is 0 Å². The molecule has 0 spiro atoms. The molecule has 2 amide bonds. The van der Waals surface area contributed by atoms with E-state index in [-0.39, 0.29) is 12.0 Å². The first-order valence-electron chi connectivity index (χ1n) is 10.6. The van der Waals surface area contributed by atoms with Gasteiger partial charge in [0.15, 0.2) is 0 Å². The van der Waals surface area contributed by atoms with Crippen molar-refractivity contribution in [3.05, 3.63) is 65.7 Å². The lowest BCUT2D eigenvalue weighted by Crippen LogP contribution is -2.42. The fourth-order valence-electron chi connectivity index (χ4n) is 3.73. The SMILES string of the molecule is O=C(NCCc1ccccc1)c1ccc(OC2CCN(C(=O)C3CC3)CC2)cc1. The van der Waals surface area contributed by atoms with E-state index in [1.165, 1.54) is 5.56 Å². The van der Waals surface area contributed by atoms with Crippen LogP contribution in [0.25, 0.3) is 0 Å². The van der Waals surface area contributed by atoms with Crippen LogP contribution in [0.4, 0.5) is 0 Å². The van der Waals surface area contributed by atoms with Gasteiger partial charge in [0, 0.05) is 44.0 Å².